The molecule has 2 aromatic carbocycles. The van der Waals surface area contributed by atoms with Crippen molar-refractivity contribution in [3.8, 4) is 0 Å². The predicted molar refractivity (Wildman–Crippen MR) is 55.1 cm³/mol. The Kier molecular flexibility index (Phi) is 2.28. The molecule has 0 saturated carbocycles. The molecule has 0 atom stereocenters. The van der Waals surface area contributed by atoms with E-state index in [0.717, 1.165) is 0 Å². The lowest BCUT2D eigenvalue weighted by molar-refractivity contribution is 0.873. The zero-order valence-electron chi connectivity index (χ0n) is 7.33. The van der Waals surface area contributed by atoms with Crippen molar-refractivity contribution in [2.24, 2.45) is 0 Å². The lowest BCUT2D eigenvalue weighted by atomic mass is 10.0. The van der Waals surface area contributed by atoms with Gasteiger partial charge in [0.1, 0.15) is 0 Å². The first-order valence-electron chi connectivity index (χ1n) is 4.32. The summed E-state index contributed by atoms with van der Waals surface area (Å²) in [6.45, 7) is 0.710. The molecule has 0 spiro atoms. The molecular weight excluding hydrogens is 158 g/mol. The molecule has 1 nitrogen and oxygen atoms in total. The van der Waals surface area contributed by atoms with Crippen LogP contribution in [0.1, 0.15) is 5.56 Å². The molecule has 2 rings (SSSR count). The van der Waals surface area contributed by atoms with Crippen molar-refractivity contribution in [2.75, 3.05) is 0 Å². The van der Waals surface area contributed by atoms with E-state index in [1.54, 1.807) is 0 Å². The van der Waals surface area contributed by atoms with Gasteiger partial charge in [0.25, 0.3) is 0 Å². The molecule has 64 valence electrons. The third-order valence-electron chi connectivity index (χ3n) is 2.17. The van der Waals surface area contributed by atoms with Crippen molar-refractivity contribution in [3.63, 3.8) is 0 Å². The van der Waals surface area contributed by atoms with Crippen molar-refractivity contribution in [1.82, 2.24) is 5.32 Å². The van der Waals surface area contributed by atoms with Gasteiger partial charge in [0.05, 0.1) is 0 Å². The minimum Gasteiger partial charge on any atom is -0.307 e. The SMILES string of the molecule is [CH]NCc1cccc2ccccc12. The van der Waals surface area contributed by atoms with Crippen molar-refractivity contribution >= 4 is 10.8 Å². The molecule has 0 aliphatic carbocycles. The maximum Gasteiger partial charge on any atom is 0.0410 e. The van der Waals surface area contributed by atoms with Gasteiger partial charge in [-0.15, -0.1) is 0 Å². The highest BCUT2D eigenvalue weighted by molar-refractivity contribution is 5.85. The molecule has 0 aliphatic rings. The van der Waals surface area contributed by atoms with Crippen LogP contribution >= 0.6 is 0 Å². The summed E-state index contributed by atoms with van der Waals surface area (Å²) in [6, 6.07) is 14.5. The normalized spacial score (nSPS) is 10.5. The van der Waals surface area contributed by atoms with E-state index < -0.39 is 0 Å². The highest BCUT2D eigenvalue weighted by Crippen LogP contribution is 2.17. The van der Waals surface area contributed by atoms with E-state index in [1.807, 2.05) is 12.1 Å². The zero-order valence-corrected chi connectivity index (χ0v) is 7.33. The van der Waals surface area contributed by atoms with Gasteiger partial charge in [-0.1, -0.05) is 42.5 Å². The maximum atomic E-state index is 5.30. The molecule has 0 heterocycles. The minimum atomic E-state index is 0.710. The summed E-state index contributed by atoms with van der Waals surface area (Å²) < 4.78 is 0. The summed E-state index contributed by atoms with van der Waals surface area (Å²) in [5.74, 6) is 0. The fourth-order valence-corrected chi connectivity index (χ4v) is 1.56. The van der Waals surface area contributed by atoms with Crippen molar-refractivity contribution in [1.29, 1.82) is 0 Å². The van der Waals surface area contributed by atoms with E-state index in [9.17, 15) is 0 Å². The Hall–Kier alpha value is -1.34. The molecule has 0 fully saturated rings. The summed E-state index contributed by atoms with van der Waals surface area (Å²) in [5, 5.41) is 5.20. The second-order valence-corrected chi connectivity index (χ2v) is 3.02. The van der Waals surface area contributed by atoms with Crippen LogP contribution < -0.4 is 5.32 Å². The molecule has 2 radical (unpaired) electrons. The lowest BCUT2D eigenvalue weighted by Gasteiger charge is -2.04. The van der Waals surface area contributed by atoms with Gasteiger partial charge >= 0.3 is 0 Å². The van der Waals surface area contributed by atoms with Crippen LogP contribution in [0.15, 0.2) is 42.5 Å². The Balaban J connectivity index is 2.61. The molecule has 1 heteroatoms. The van der Waals surface area contributed by atoms with Crippen LogP contribution in [0.25, 0.3) is 10.8 Å². The molecule has 0 amide bonds. The molecule has 2 aromatic rings. The average molecular weight is 169 g/mol. The first-order valence-corrected chi connectivity index (χ1v) is 4.32. The lowest BCUT2D eigenvalue weighted by Crippen LogP contribution is -2.02. The molecule has 0 aromatic heterocycles. The summed E-state index contributed by atoms with van der Waals surface area (Å²) in [7, 11) is 5.30. The summed E-state index contributed by atoms with van der Waals surface area (Å²) in [5.41, 5.74) is 1.24. The Morgan fingerprint density at radius 3 is 2.62 bits per heavy atom. The van der Waals surface area contributed by atoms with Crippen molar-refractivity contribution in [2.45, 2.75) is 6.54 Å². The number of benzene rings is 2. The summed E-state index contributed by atoms with van der Waals surface area (Å²) in [6.07, 6.45) is 0. The van der Waals surface area contributed by atoms with Crippen molar-refractivity contribution < 1.29 is 0 Å². The number of fused-ring (bicyclic) bond motifs is 1. The van der Waals surface area contributed by atoms with Crippen molar-refractivity contribution in [3.05, 3.63) is 55.1 Å². The molecular formula is C12H11N. The fraction of sp³-hybridized carbons (Fsp3) is 0.0833. The first-order chi connectivity index (χ1) is 6.42. The van der Waals surface area contributed by atoms with Gasteiger partial charge in [0, 0.05) is 13.6 Å². The topological polar surface area (TPSA) is 12.0 Å². The highest BCUT2D eigenvalue weighted by Gasteiger charge is 1.97. The van der Waals surface area contributed by atoms with Crippen LogP contribution in [0, 0.1) is 7.05 Å². The van der Waals surface area contributed by atoms with Crippen LogP contribution in [0.5, 0.6) is 0 Å². The smallest absolute Gasteiger partial charge is 0.0410 e. The molecule has 0 aliphatic heterocycles. The second-order valence-electron chi connectivity index (χ2n) is 3.02. The van der Waals surface area contributed by atoms with Crippen LogP contribution in [0.2, 0.25) is 0 Å². The molecule has 1 N–H and O–H groups in total. The molecule has 0 unspecified atom stereocenters. The first kappa shape index (κ1) is 8.27. The fourth-order valence-electron chi connectivity index (χ4n) is 1.56. The Morgan fingerprint density at radius 1 is 1.00 bits per heavy atom. The van der Waals surface area contributed by atoms with E-state index in [0.29, 0.717) is 6.54 Å². The van der Waals surface area contributed by atoms with E-state index in [1.165, 1.54) is 16.3 Å². The van der Waals surface area contributed by atoms with E-state index in [4.69, 9.17) is 7.05 Å². The van der Waals surface area contributed by atoms with Gasteiger partial charge in [0.15, 0.2) is 0 Å². The number of rotatable bonds is 2. The largest absolute Gasteiger partial charge is 0.307 e. The van der Waals surface area contributed by atoms with E-state index >= 15 is 0 Å². The zero-order chi connectivity index (χ0) is 9.10. The standard InChI is InChI=1S/C12H11N/c1-13-9-11-7-4-6-10-5-2-3-8-12(10)11/h1-8,13H,9H2. The molecule has 13 heavy (non-hydrogen) atoms. The summed E-state index contributed by atoms with van der Waals surface area (Å²) in [4.78, 5) is 0. The predicted octanol–water partition coefficient (Wildman–Crippen LogP) is 2.60. The third kappa shape index (κ3) is 1.56. The monoisotopic (exact) mass is 169 g/mol. The van der Waals surface area contributed by atoms with Crippen LogP contribution in [0.3, 0.4) is 0 Å². The van der Waals surface area contributed by atoms with Gasteiger partial charge in [0.2, 0.25) is 0 Å². The van der Waals surface area contributed by atoms with Gasteiger partial charge in [-0.05, 0) is 16.3 Å². The van der Waals surface area contributed by atoms with Crippen LogP contribution in [0.4, 0.5) is 0 Å². The van der Waals surface area contributed by atoms with E-state index in [2.05, 4.69) is 35.6 Å². The Bertz CT molecular complexity index is 401. The second kappa shape index (κ2) is 3.58. The number of nitrogens with one attached hydrogen (secondary N) is 1. The molecule has 0 bridgehead atoms. The average Bonchev–Trinajstić information content (AvgIpc) is 2.19. The van der Waals surface area contributed by atoms with Gasteiger partial charge in [-0.25, -0.2) is 0 Å². The minimum absolute atomic E-state index is 0.710. The Morgan fingerprint density at radius 2 is 1.77 bits per heavy atom. The number of hydrogen-bond donors (Lipinski definition) is 1. The van der Waals surface area contributed by atoms with E-state index in [-0.39, 0.29) is 0 Å². The maximum absolute atomic E-state index is 5.30. The number of hydrogen-bond acceptors (Lipinski definition) is 1. The van der Waals surface area contributed by atoms with Crippen LogP contribution in [-0.2, 0) is 6.54 Å². The third-order valence-corrected chi connectivity index (χ3v) is 2.17. The molecule has 0 saturated heterocycles. The Labute approximate surface area is 78.4 Å². The van der Waals surface area contributed by atoms with Crippen LogP contribution in [-0.4, -0.2) is 0 Å². The van der Waals surface area contributed by atoms with Gasteiger partial charge in [-0.2, -0.15) is 0 Å². The highest BCUT2D eigenvalue weighted by atomic mass is 14.8. The van der Waals surface area contributed by atoms with Gasteiger partial charge in [-0.3, -0.25) is 0 Å². The quantitative estimate of drug-likeness (QED) is 0.681. The summed E-state index contributed by atoms with van der Waals surface area (Å²) >= 11 is 0. The van der Waals surface area contributed by atoms with Gasteiger partial charge < -0.3 is 5.32 Å².